The van der Waals surface area contributed by atoms with E-state index in [9.17, 15) is 13.2 Å². The summed E-state index contributed by atoms with van der Waals surface area (Å²) >= 11 is 1.45. The molecule has 1 N–H and O–H groups in total. The van der Waals surface area contributed by atoms with Crippen molar-refractivity contribution in [2.75, 3.05) is 6.61 Å². The van der Waals surface area contributed by atoms with E-state index in [4.69, 9.17) is 9.15 Å². The van der Waals surface area contributed by atoms with Crippen LogP contribution in [0.1, 0.15) is 30.6 Å². The smallest absolute Gasteiger partial charge is 0.238 e. The number of sulfone groups is 1. The number of carbonyl (C=O) groups is 1. The fraction of sp³-hybridized carbons (Fsp3) is 0.300. The van der Waals surface area contributed by atoms with E-state index in [0.717, 1.165) is 10.4 Å². The van der Waals surface area contributed by atoms with Gasteiger partial charge in [-0.3, -0.25) is 4.79 Å². The molecule has 1 aromatic carbocycles. The number of fused-ring (bicyclic) bond motifs is 1. The van der Waals surface area contributed by atoms with Crippen LogP contribution < -0.4 is 10.1 Å². The number of hydrogen-bond donors (Lipinski definition) is 1. The van der Waals surface area contributed by atoms with E-state index in [-0.39, 0.29) is 17.5 Å². The molecule has 4 rings (SSSR count). The highest BCUT2D eigenvalue weighted by molar-refractivity contribution is 7.92. The average Bonchev–Trinajstić information content (AvgIpc) is 3.39. The maximum Gasteiger partial charge on any atom is 0.238 e. The van der Waals surface area contributed by atoms with E-state index in [1.165, 1.54) is 24.5 Å². The predicted molar refractivity (Wildman–Crippen MR) is 109 cm³/mol. The van der Waals surface area contributed by atoms with Crippen molar-refractivity contribution < 1.29 is 22.4 Å². The van der Waals surface area contributed by atoms with Crippen LogP contribution in [0.3, 0.4) is 0 Å². The van der Waals surface area contributed by atoms with Crippen LogP contribution in [0.4, 0.5) is 0 Å². The number of carbonyl (C=O) groups excluding carboxylic acids is 1. The standard InChI is InChI=1S/C20H20N2O5S2/c1-13(19(23)22-16-8-9-26-17-6-3-2-5-15(16)17)29(24,25)12-14-11-27-20(21-14)18-7-4-10-28-18/h2-7,10-11,13,16H,8-9,12H2,1H3,(H,22,23). The van der Waals surface area contributed by atoms with E-state index < -0.39 is 21.0 Å². The lowest BCUT2D eigenvalue weighted by atomic mass is 10.0. The third-order valence-corrected chi connectivity index (χ3v) is 7.66. The highest BCUT2D eigenvalue weighted by atomic mass is 32.2. The maximum atomic E-state index is 12.8. The lowest BCUT2D eigenvalue weighted by Crippen LogP contribution is -2.41. The Hall–Kier alpha value is -2.65. The third kappa shape index (κ3) is 4.20. The predicted octanol–water partition coefficient (Wildman–Crippen LogP) is 3.35. The molecule has 2 aromatic heterocycles. The quantitative estimate of drug-likeness (QED) is 0.641. The number of thiophene rings is 1. The molecule has 7 nitrogen and oxygen atoms in total. The molecular formula is C20H20N2O5S2. The zero-order valence-electron chi connectivity index (χ0n) is 15.7. The van der Waals surface area contributed by atoms with Gasteiger partial charge >= 0.3 is 0 Å². The van der Waals surface area contributed by atoms with Gasteiger partial charge in [-0.1, -0.05) is 24.3 Å². The molecule has 9 heteroatoms. The molecule has 2 unspecified atom stereocenters. The Bertz CT molecular complexity index is 1110. The second kappa shape index (κ2) is 8.00. The molecule has 29 heavy (non-hydrogen) atoms. The van der Waals surface area contributed by atoms with Crippen molar-refractivity contribution in [3.8, 4) is 16.5 Å². The number of oxazole rings is 1. The largest absolute Gasteiger partial charge is 0.493 e. The minimum absolute atomic E-state index is 0.275. The Kier molecular flexibility index (Phi) is 5.42. The molecule has 0 radical (unpaired) electrons. The topological polar surface area (TPSA) is 98.5 Å². The SMILES string of the molecule is CC(C(=O)NC1CCOc2ccccc21)S(=O)(=O)Cc1coc(-c2cccs2)n1. The van der Waals surface area contributed by atoms with Gasteiger partial charge in [0.2, 0.25) is 11.8 Å². The first-order valence-electron chi connectivity index (χ1n) is 9.16. The number of hydrogen-bond acceptors (Lipinski definition) is 7. The second-order valence-corrected chi connectivity index (χ2v) is 10.1. The normalized spacial score (nSPS) is 17.2. The van der Waals surface area contributed by atoms with Crippen molar-refractivity contribution in [1.82, 2.24) is 10.3 Å². The minimum Gasteiger partial charge on any atom is -0.493 e. The van der Waals surface area contributed by atoms with E-state index in [1.54, 1.807) is 0 Å². The van der Waals surface area contributed by atoms with Gasteiger partial charge in [0.05, 0.1) is 29.0 Å². The van der Waals surface area contributed by atoms with Gasteiger partial charge in [0.25, 0.3) is 0 Å². The van der Waals surface area contributed by atoms with Crippen LogP contribution in [0.15, 0.2) is 52.5 Å². The lowest BCUT2D eigenvalue weighted by Gasteiger charge is -2.27. The van der Waals surface area contributed by atoms with Gasteiger partial charge in [0.1, 0.15) is 17.3 Å². The Morgan fingerprint density at radius 2 is 2.14 bits per heavy atom. The summed E-state index contributed by atoms with van der Waals surface area (Å²) < 4.78 is 36.5. The summed E-state index contributed by atoms with van der Waals surface area (Å²) in [7, 11) is -3.76. The number of ether oxygens (including phenoxy) is 1. The van der Waals surface area contributed by atoms with Crippen LogP contribution in [0.2, 0.25) is 0 Å². The lowest BCUT2D eigenvalue weighted by molar-refractivity contribution is -0.121. The number of benzene rings is 1. The van der Waals surface area contributed by atoms with E-state index in [1.807, 2.05) is 41.8 Å². The molecule has 0 saturated heterocycles. The number of amides is 1. The highest BCUT2D eigenvalue weighted by Gasteiger charge is 2.32. The summed E-state index contributed by atoms with van der Waals surface area (Å²) in [5.74, 6) is 0.193. The minimum atomic E-state index is -3.76. The van der Waals surface area contributed by atoms with Crippen molar-refractivity contribution in [3.63, 3.8) is 0 Å². The van der Waals surface area contributed by atoms with Gasteiger partial charge in [0, 0.05) is 12.0 Å². The number of nitrogens with one attached hydrogen (secondary N) is 1. The molecule has 152 valence electrons. The zero-order chi connectivity index (χ0) is 20.4. The van der Waals surface area contributed by atoms with Crippen molar-refractivity contribution in [2.45, 2.75) is 30.4 Å². The fourth-order valence-electron chi connectivity index (χ4n) is 3.16. The van der Waals surface area contributed by atoms with E-state index >= 15 is 0 Å². The van der Waals surface area contributed by atoms with Crippen molar-refractivity contribution in [1.29, 1.82) is 0 Å². The zero-order valence-corrected chi connectivity index (χ0v) is 17.3. The van der Waals surface area contributed by atoms with Crippen LogP contribution in [-0.4, -0.2) is 31.2 Å². The molecule has 0 saturated carbocycles. The van der Waals surface area contributed by atoms with Gasteiger partial charge in [0.15, 0.2) is 9.84 Å². The Labute approximate surface area is 172 Å². The molecule has 1 aliphatic heterocycles. The monoisotopic (exact) mass is 432 g/mol. The van der Waals surface area contributed by atoms with Gasteiger partial charge in [-0.25, -0.2) is 13.4 Å². The molecule has 0 aliphatic carbocycles. The molecule has 1 amide bonds. The molecule has 3 aromatic rings. The first-order valence-corrected chi connectivity index (χ1v) is 11.8. The van der Waals surface area contributed by atoms with Crippen molar-refractivity contribution in [2.24, 2.45) is 0 Å². The van der Waals surface area contributed by atoms with Gasteiger partial charge < -0.3 is 14.5 Å². The Morgan fingerprint density at radius 3 is 2.93 bits per heavy atom. The average molecular weight is 433 g/mol. The maximum absolute atomic E-state index is 12.8. The van der Waals surface area contributed by atoms with E-state index in [0.29, 0.717) is 24.7 Å². The number of rotatable bonds is 6. The van der Waals surface area contributed by atoms with Crippen LogP contribution in [0, 0.1) is 0 Å². The Morgan fingerprint density at radius 1 is 1.31 bits per heavy atom. The number of aromatic nitrogens is 1. The van der Waals surface area contributed by atoms with Gasteiger partial charge in [-0.05, 0) is 24.4 Å². The second-order valence-electron chi connectivity index (χ2n) is 6.81. The molecule has 3 heterocycles. The van der Waals surface area contributed by atoms with Crippen LogP contribution >= 0.6 is 11.3 Å². The number of para-hydroxylation sites is 1. The number of nitrogens with zero attached hydrogens (tertiary/aromatic N) is 1. The summed E-state index contributed by atoms with van der Waals surface area (Å²) in [5.41, 5.74) is 1.14. The van der Waals surface area contributed by atoms with Gasteiger partial charge in [-0.2, -0.15) is 0 Å². The van der Waals surface area contributed by atoms with Crippen molar-refractivity contribution in [3.05, 3.63) is 59.3 Å². The fourth-order valence-corrected chi connectivity index (χ4v) is 5.01. The molecular weight excluding hydrogens is 412 g/mol. The summed E-state index contributed by atoms with van der Waals surface area (Å²) in [6.07, 6.45) is 1.91. The third-order valence-electron chi connectivity index (χ3n) is 4.82. The Balaban J connectivity index is 1.44. The first-order chi connectivity index (χ1) is 13.9. The summed E-state index contributed by atoms with van der Waals surface area (Å²) in [6, 6.07) is 10.9. The molecule has 1 aliphatic rings. The summed E-state index contributed by atoms with van der Waals surface area (Å²) in [5, 5.41) is 3.53. The van der Waals surface area contributed by atoms with E-state index in [2.05, 4.69) is 10.3 Å². The van der Waals surface area contributed by atoms with Crippen molar-refractivity contribution >= 4 is 27.1 Å². The molecule has 2 atom stereocenters. The van der Waals surface area contributed by atoms with Crippen LogP contribution in [0.5, 0.6) is 5.75 Å². The van der Waals surface area contributed by atoms with Gasteiger partial charge in [-0.15, -0.1) is 11.3 Å². The first kappa shape index (κ1) is 19.7. The molecule has 0 bridgehead atoms. The van der Waals surface area contributed by atoms with Crippen LogP contribution in [-0.2, 0) is 20.4 Å². The summed E-state index contributed by atoms with van der Waals surface area (Å²) in [6.45, 7) is 1.86. The highest BCUT2D eigenvalue weighted by Crippen LogP contribution is 2.31. The van der Waals surface area contributed by atoms with Crippen LogP contribution in [0.25, 0.3) is 10.8 Å². The molecule has 0 spiro atoms. The molecule has 0 fully saturated rings. The summed E-state index contributed by atoms with van der Waals surface area (Å²) in [4.78, 5) is 17.7.